The third-order valence-electron chi connectivity index (χ3n) is 8.80. The van der Waals surface area contributed by atoms with Crippen molar-refractivity contribution in [3.8, 4) is 5.69 Å². The molecular weight excluding hydrogens is 442 g/mol. The predicted octanol–water partition coefficient (Wildman–Crippen LogP) is 6.71. The monoisotopic (exact) mass is 471 g/mol. The minimum atomic E-state index is -0.213. The van der Waals surface area contributed by atoms with Crippen LogP contribution in [0.5, 0.6) is 0 Å². The highest BCUT2D eigenvalue weighted by molar-refractivity contribution is 6.30. The van der Waals surface area contributed by atoms with Crippen LogP contribution < -0.4 is 5.32 Å². The van der Waals surface area contributed by atoms with Crippen LogP contribution in [0.1, 0.15) is 61.4 Å². The Labute approximate surface area is 205 Å². The van der Waals surface area contributed by atoms with E-state index in [0.29, 0.717) is 11.6 Å². The van der Waals surface area contributed by atoms with Crippen LogP contribution in [0.4, 0.5) is 4.79 Å². The minimum Gasteiger partial charge on any atom is -0.332 e. The maximum atomic E-state index is 14.2. The van der Waals surface area contributed by atoms with Crippen LogP contribution in [0.15, 0.2) is 66.9 Å². The zero-order valence-corrected chi connectivity index (χ0v) is 20.0. The highest BCUT2D eigenvalue weighted by Crippen LogP contribution is 2.55. The maximum absolute atomic E-state index is 14.2. The molecule has 2 heterocycles. The van der Waals surface area contributed by atoms with Crippen LogP contribution in [-0.2, 0) is 6.54 Å². The summed E-state index contributed by atoms with van der Waals surface area (Å²) in [6.45, 7) is 0.563. The molecule has 0 radical (unpaired) electrons. The van der Waals surface area contributed by atoms with Gasteiger partial charge in [0.1, 0.15) is 0 Å². The van der Waals surface area contributed by atoms with Gasteiger partial charge in [-0.1, -0.05) is 41.9 Å². The summed E-state index contributed by atoms with van der Waals surface area (Å²) in [5.74, 6) is 2.37. The Morgan fingerprint density at radius 3 is 2.38 bits per heavy atom. The van der Waals surface area contributed by atoms with Crippen LogP contribution in [0.25, 0.3) is 5.69 Å². The molecule has 174 valence electrons. The SMILES string of the molecule is O=C(NC12CC3CC(CC(C3)C1)C2)N1Cc2ccccc2-n2cccc2C1c1cccc(Cl)c1. The largest absolute Gasteiger partial charge is 0.332 e. The molecule has 8 rings (SSSR count). The first kappa shape index (κ1) is 20.6. The van der Waals surface area contributed by atoms with E-state index in [0.717, 1.165) is 59.5 Å². The van der Waals surface area contributed by atoms with Gasteiger partial charge in [-0.3, -0.25) is 0 Å². The van der Waals surface area contributed by atoms with Gasteiger partial charge in [-0.25, -0.2) is 4.79 Å². The number of fused-ring (bicyclic) bond motifs is 3. The number of aromatic nitrogens is 1. The molecule has 4 aliphatic carbocycles. The van der Waals surface area contributed by atoms with Crippen molar-refractivity contribution in [2.24, 2.45) is 17.8 Å². The topological polar surface area (TPSA) is 37.3 Å². The van der Waals surface area contributed by atoms with E-state index >= 15 is 0 Å². The molecule has 1 atom stereocenters. The highest BCUT2D eigenvalue weighted by Gasteiger charge is 2.52. The highest BCUT2D eigenvalue weighted by atomic mass is 35.5. The first-order chi connectivity index (χ1) is 16.6. The molecule has 2 amide bonds. The van der Waals surface area contributed by atoms with E-state index in [9.17, 15) is 4.79 Å². The number of nitrogens with zero attached hydrogens (tertiary/aromatic N) is 2. The van der Waals surface area contributed by atoms with Crippen LogP contribution in [0.3, 0.4) is 0 Å². The lowest BCUT2D eigenvalue weighted by Gasteiger charge is -2.57. The number of hydrogen-bond acceptors (Lipinski definition) is 1. The molecule has 4 nitrogen and oxygen atoms in total. The third kappa shape index (κ3) is 3.30. The van der Waals surface area contributed by atoms with E-state index in [1.807, 2.05) is 23.1 Å². The van der Waals surface area contributed by atoms with Gasteiger partial charge in [-0.05, 0) is 97.7 Å². The van der Waals surface area contributed by atoms with E-state index in [1.54, 1.807) is 0 Å². The number of amides is 2. The van der Waals surface area contributed by atoms with Crippen LogP contribution >= 0.6 is 11.6 Å². The molecule has 0 saturated heterocycles. The van der Waals surface area contributed by atoms with Gasteiger partial charge >= 0.3 is 6.03 Å². The smallest absolute Gasteiger partial charge is 0.318 e. The zero-order valence-electron chi connectivity index (χ0n) is 19.3. The van der Waals surface area contributed by atoms with E-state index in [1.165, 1.54) is 19.3 Å². The Morgan fingerprint density at radius 1 is 0.912 bits per heavy atom. The number of carbonyl (C=O) groups excluding carboxylic acids is 1. The van der Waals surface area contributed by atoms with Crippen LogP contribution in [-0.4, -0.2) is 21.0 Å². The number of nitrogens with one attached hydrogen (secondary N) is 1. The molecule has 2 aromatic carbocycles. The fourth-order valence-corrected chi connectivity index (χ4v) is 8.13. The number of hydrogen-bond donors (Lipinski definition) is 1. The van der Waals surface area contributed by atoms with Crippen molar-refractivity contribution in [3.63, 3.8) is 0 Å². The average Bonchev–Trinajstić information content (AvgIpc) is 3.22. The molecule has 1 N–H and O–H groups in total. The molecule has 4 saturated carbocycles. The van der Waals surface area contributed by atoms with Gasteiger partial charge in [-0.2, -0.15) is 0 Å². The standard InChI is InChI=1S/C29H30ClN3O/c30-24-7-3-6-22(14-24)27-26-9-4-10-32(26)25-8-2-1-5-23(25)18-33(27)28(34)31-29-15-19-11-20(16-29)13-21(12-19)17-29/h1-10,14,19-21,27H,11-13,15-18H2,(H,31,34). The Hall–Kier alpha value is -2.72. The second-order valence-corrected chi connectivity index (χ2v) is 11.6. The van der Waals surface area contributed by atoms with Crippen molar-refractivity contribution in [3.05, 3.63) is 88.7 Å². The Balaban J connectivity index is 1.31. The van der Waals surface area contributed by atoms with E-state index in [-0.39, 0.29) is 17.6 Å². The van der Waals surface area contributed by atoms with Crippen molar-refractivity contribution in [1.29, 1.82) is 0 Å². The normalized spacial score (nSPS) is 31.0. The second-order valence-electron chi connectivity index (χ2n) is 11.1. The van der Waals surface area contributed by atoms with Crippen LogP contribution in [0, 0.1) is 17.8 Å². The Morgan fingerprint density at radius 2 is 1.65 bits per heavy atom. The third-order valence-corrected chi connectivity index (χ3v) is 9.03. The van der Waals surface area contributed by atoms with Gasteiger partial charge in [0, 0.05) is 22.5 Å². The molecule has 3 aromatic rings. The summed E-state index contributed by atoms with van der Waals surface area (Å²) in [5.41, 5.74) is 4.40. The number of rotatable bonds is 2. The summed E-state index contributed by atoms with van der Waals surface area (Å²) < 4.78 is 2.24. The minimum absolute atomic E-state index is 0.0292. The summed E-state index contributed by atoms with van der Waals surface area (Å²) in [6, 6.07) is 20.5. The molecule has 0 spiro atoms. The van der Waals surface area contributed by atoms with Gasteiger partial charge < -0.3 is 14.8 Å². The first-order valence-electron chi connectivity index (χ1n) is 12.7. The van der Waals surface area contributed by atoms with Gasteiger partial charge in [0.15, 0.2) is 0 Å². The molecule has 1 unspecified atom stereocenters. The number of urea groups is 1. The second kappa shape index (κ2) is 7.64. The Kier molecular flexibility index (Phi) is 4.64. The lowest BCUT2D eigenvalue weighted by molar-refractivity contribution is -0.0163. The number of halogens is 1. The summed E-state index contributed by atoms with van der Waals surface area (Å²) in [4.78, 5) is 16.3. The summed E-state index contributed by atoms with van der Waals surface area (Å²) >= 11 is 6.44. The van der Waals surface area contributed by atoms with Gasteiger partial charge in [-0.15, -0.1) is 0 Å². The molecule has 5 aliphatic rings. The number of carbonyl (C=O) groups is 1. The quantitative estimate of drug-likeness (QED) is 0.442. The van der Waals surface area contributed by atoms with Crippen molar-refractivity contribution < 1.29 is 4.79 Å². The first-order valence-corrected chi connectivity index (χ1v) is 13.0. The number of benzene rings is 2. The molecule has 1 aromatic heterocycles. The summed E-state index contributed by atoms with van der Waals surface area (Å²) in [7, 11) is 0. The Bertz CT molecular complexity index is 1230. The molecule has 4 bridgehead atoms. The molecule has 1 aliphatic heterocycles. The predicted molar refractivity (Wildman–Crippen MR) is 134 cm³/mol. The van der Waals surface area contributed by atoms with E-state index < -0.39 is 0 Å². The number of para-hydroxylation sites is 1. The van der Waals surface area contributed by atoms with Crippen molar-refractivity contribution in [2.75, 3.05) is 0 Å². The molecule has 5 heteroatoms. The molecular formula is C29H30ClN3O. The van der Waals surface area contributed by atoms with Crippen LogP contribution in [0.2, 0.25) is 5.02 Å². The molecule has 4 fully saturated rings. The fourth-order valence-electron chi connectivity index (χ4n) is 7.93. The fraction of sp³-hybridized carbons (Fsp3) is 0.414. The zero-order chi connectivity index (χ0) is 22.9. The molecule has 34 heavy (non-hydrogen) atoms. The van der Waals surface area contributed by atoms with Crippen molar-refractivity contribution in [2.45, 2.75) is 56.7 Å². The maximum Gasteiger partial charge on any atom is 0.318 e. The van der Waals surface area contributed by atoms with E-state index in [4.69, 9.17) is 11.6 Å². The lowest BCUT2D eigenvalue weighted by Crippen LogP contribution is -2.62. The van der Waals surface area contributed by atoms with Gasteiger partial charge in [0.25, 0.3) is 0 Å². The van der Waals surface area contributed by atoms with Gasteiger partial charge in [0.05, 0.1) is 18.3 Å². The lowest BCUT2D eigenvalue weighted by atomic mass is 9.53. The van der Waals surface area contributed by atoms with Crippen molar-refractivity contribution in [1.82, 2.24) is 14.8 Å². The van der Waals surface area contributed by atoms with Crippen molar-refractivity contribution >= 4 is 17.6 Å². The summed E-state index contributed by atoms with van der Waals surface area (Å²) in [6.07, 6.45) is 9.64. The average molecular weight is 472 g/mol. The van der Waals surface area contributed by atoms with E-state index in [2.05, 4.69) is 58.5 Å². The summed E-state index contributed by atoms with van der Waals surface area (Å²) in [5, 5.41) is 4.33. The van der Waals surface area contributed by atoms with Gasteiger partial charge in [0.2, 0.25) is 0 Å².